The number of urea groups is 1. The number of thiophene rings is 1. The Balaban J connectivity index is 1.98. The van der Waals surface area contributed by atoms with Crippen LogP contribution >= 0.6 is 22.9 Å². The molecule has 0 unspecified atom stereocenters. The summed E-state index contributed by atoms with van der Waals surface area (Å²) in [5, 5.41) is 6.24. The molecule has 0 bridgehead atoms. The van der Waals surface area contributed by atoms with Gasteiger partial charge in [-0.05, 0) is 17.7 Å². The van der Waals surface area contributed by atoms with Gasteiger partial charge in [-0.15, -0.1) is 11.3 Å². The maximum Gasteiger partial charge on any atom is 0.336 e. The number of hydrogen-bond donors (Lipinski definition) is 1. The summed E-state index contributed by atoms with van der Waals surface area (Å²) >= 11 is 7.01. The van der Waals surface area contributed by atoms with E-state index in [4.69, 9.17) is 11.6 Å². The summed E-state index contributed by atoms with van der Waals surface area (Å²) in [5.74, 6) is 0. The molecule has 1 N–H and O–H groups in total. The van der Waals surface area contributed by atoms with Crippen LogP contribution in [-0.2, 0) is 16.6 Å². The summed E-state index contributed by atoms with van der Waals surface area (Å²) in [6.45, 7) is -0.0272. The SMILES string of the molecule is O=C1Nc2cscc2S(=O)(=O)N1Cc1ccc(Cl)cc1. The fraction of sp³-hybridized carbons (Fsp3) is 0.0833. The molecule has 0 saturated carbocycles. The van der Waals surface area contributed by atoms with Crippen LogP contribution in [0.25, 0.3) is 0 Å². The number of benzene rings is 1. The van der Waals surface area contributed by atoms with Gasteiger partial charge in [-0.1, -0.05) is 23.7 Å². The third-order valence-electron chi connectivity index (χ3n) is 2.90. The molecule has 3 rings (SSSR count). The molecule has 0 fully saturated rings. The number of hydrogen-bond acceptors (Lipinski definition) is 4. The molecule has 1 aliphatic rings. The quantitative estimate of drug-likeness (QED) is 0.921. The Bertz CT molecular complexity index is 768. The van der Waals surface area contributed by atoms with E-state index in [0.717, 1.165) is 4.31 Å². The van der Waals surface area contributed by atoms with E-state index < -0.39 is 16.1 Å². The number of sulfonamides is 1. The molecule has 0 saturated heterocycles. The second-order valence-electron chi connectivity index (χ2n) is 4.22. The molecule has 0 spiro atoms. The van der Waals surface area contributed by atoms with Crippen molar-refractivity contribution in [3.8, 4) is 0 Å². The van der Waals surface area contributed by atoms with Crippen LogP contribution in [0.4, 0.5) is 10.5 Å². The Morgan fingerprint density at radius 2 is 1.90 bits per heavy atom. The maximum absolute atomic E-state index is 12.4. The second-order valence-corrected chi connectivity index (χ2v) is 7.23. The van der Waals surface area contributed by atoms with Gasteiger partial charge in [0.05, 0.1) is 12.2 Å². The largest absolute Gasteiger partial charge is 0.336 e. The van der Waals surface area contributed by atoms with Crippen molar-refractivity contribution in [2.24, 2.45) is 0 Å². The van der Waals surface area contributed by atoms with E-state index >= 15 is 0 Å². The van der Waals surface area contributed by atoms with E-state index in [1.807, 2.05) is 0 Å². The van der Waals surface area contributed by atoms with Crippen LogP contribution in [0.3, 0.4) is 0 Å². The Kier molecular flexibility index (Phi) is 3.19. The van der Waals surface area contributed by atoms with Gasteiger partial charge in [0.2, 0.25) is 0 Å². The minimum absolute atomic E-state index is 0.0272. The highest BCUT2D eigenvalue weighted by atomic mass is 35.5. The van der Waals surface area contributed by atoms with Crippen molar-refractivity contribution < 1.29 is 13.2 Å². The van der Waals surface area contributed by atoms with E-state index in [9.17, 15) is 13.2 Å². The molecule has 0 aliphatic carbocycles. The van der Waals surface area contributed by atoms with Gasteiger partial charge < -0.3 is 5.32 Å². The second kappa shape index (κ2) is 4.76. The molecule has 1 aliphatic heterocycles. The number of amides is 2. The number of halogens is 1. The summed E-state index contributed by atoms with van der Waals surface area (Å²) < 4.78 is 25.6. The van der Waals surface area contributed by atoms with Gasteiger partial charge >= 0.3 is 6.03 Å². The number of carbonyl (C=O) groups is 1. The lowest BCUT2D eigenvalue weighted by atomic mass is 10.2. The van der Waals surface area contributed by atoms with Crippen LogP contribution in [0.5, 0.6) is 0 Å². The molecule has 8 heteroatoms. The fourth-order valence-electron chi connectivity index (χ4n) is 1.89. The molecule has 2 aromatic rings. The average molecular weight is 329 g/mol. The molecular weight excluding hydrogens is 320 g/mol. The normalized spacial score (nSPS) is 16.6. The summed E-state index contributed by atoms with van der Waals surface area (Å²) in [5.41, 5.74) is 1.03. The number of anilines is 1. The van der Waals surface area contributed by atoms with Crippen LogP contribution in [0.2, 0.25) is 5.02 Å². The van der Waals surface area contributed by atoms with Crippen molar-refractivity contribution in [2.45, 2.75) is 11.4 Å². The van der Waals surface area contributed by atoms with Crippen LogP contribution < -0.4 is 5.32 Å². The molecule has 5 nitrogen and oxygen atoms in total. The first-order chi connectivity index (χ1) is 9.48. The zero-order valence-corrected chi connectivity index (χ0v) is 12.4. The van der Waals surface area contributed by atoms with Crippen molar-refractivity contribution in [3.05, 3.63) is 45.6 Å². The smallest absolute Gasteiger partial charge is 0.305 e. The van der Waals surface area contributed by atoms with Gasteiger partial charge in [0.15, 0.2) is 0 Å². The molecule has 1 aromatic heterocycles. The third-order valence-corrected chi connectivity index (χ3v) is 5.82. The zero-order valence-electron chi connectivity index (χ0n) is 10.0. The lowest BCUT2D eigenvalue weighted by Gasteiger charge is -2.27. The first-order valence-corrected chi connectivity index (χ1v) is 8.39. The molecule has 2 heterocycles. The predicted octanol–water partition coefficient (Wildman–Crippen LogP) is 3.14. The monoisotopic (exact) mass is 328 g/mol. The first-order valence-electron chi connectivity index (χ1n) is 5.63. The molecule has 0 atom stereocenters. The Hall–Kier alpha value is -1.57. The molecule has 0 radical (unpaired) electrons. The topological polar surface area (TPSA) is 66.5 Å². The summed E-state index contributed by atoms with van der Waals surface area (Å²) in [6.07, 6.45) is 0. The van der Waals surface area contributed by atoms with Crippen molar-refractivity contribution in [2.75, 3.05) is 5.32 Å². The van der Waals surface area contributed by atoms with Crippen LogP contribution in [-0.4, -0.2) is 18.8 Å². The average Bonchev–Trinajstić information content (AvgIpc) is 2.86. The van der Waals surface area contributed by atoms with Crippen molar-refractivity contribution >= 4 is 44.7 Å². The molecule has 20 heavy (non-hydrogen) atoms. The Morgan fingerprint density at radius 3 is 2.60 bits per heavy atom. The zero-order chi connectivity index (χ0) is 14.3. The summed E-state index contributed by atoms with van der Waals surface area (Å²) in [7, 11) is -3.80. The number of fused-ring (bicyclic) bond motifs is 1. The standard InChI is InChI=1S/C12H9ClN2O3S2/c13-9-3-1-8(2-4-9)5-15-12(16)14-10-6-19-7-11(10)20(15,17)18/h1-4,6-7H,5H2,(H,14,16). The third kappa shape index (κ3) is 2.17. The molecular formula is C12H9ClN2O3S2. The number of nitrogens with one attached hydrogen (secondary N) is 1. The van der Waals surface area contributed by atoms with Gasteiger partial charge in [0.25, 0.3) is 10.0 Å². The van der Waals surface area contributed by atoms with Gasteiger partial charge in [0, 0.05) is 15.8 Å². The van der Waals surface area contributed by atoms with Crippen molar-refractivity contribution in [1.82, 2.24) is 4.31 Å². The van der Waals surface area contributed by atoms with Gasteiger partial charge in [-0.3, -0.25) is 0 Å². The van der Waals surface area contributed by atoms with Gasteiger partial charge in [-0.25, -0.2) is 17.5 Å². The molecule has 104 valence electrons. The first kappa shape index (κ1) is 13.4. The van der Waals surface area contributed by atoms with Crippen LogP contribution in [0, 0.1) is 0 Å². The van der Waals surface area contributed by atoms with Crippen molar-refractivity contribution in [1.29, 1.82) is 0 Å². The van der Waals surface area contributed by atoms with E-state index in [2.05, 4.69) is 5.32 Å². The van der Waals surface area contributed by atoms with E-state index in [1.54, 1.807) is 29.6 Å². The molecule has 1 aromatic carbocycles. The fourth-order valence-corrected chi connectivity index (χ4v) is 4.60. The summed E-state index contributed by atoms with van der Waals surface area (Å²) in [4.78, 5) is 12.1. The highest BCUT2D eigenvalue weighted by Crippen LogP contribution is 2.33. The Morgan fingerprint density at radius 1 is 1.20 bits per heavy atom. The van der Waals surface area contributed by atoms with E-state index in [0.29, 0.717) is 16.3 Å². The van der Waals surface area contributed by atoms with Crippen molar-refractivity contribution in [3.63, 3.8) is 0 Å². The highest BCUT2D eigenvalue weighted by molar-refractivity contribution is 7.90. The molecule has 2 amide bonds. The van der Waals surface area contributed by atoms with Crippen LogP contribution in [0.1, 0.15) is 5.56 Å². The number of carbonyl (C=O) groups excluding carboxylic acids is 1. The van der Waals surface area contributed by atoms with E-state index in [-0.39, 0.29) is 11.4 Å². The van der Waals surface area contributed by atoms with Gasteiger partial charge in [0.1, 0.15) is 4.90 Å². The number of rotatable bonds is 2. The maximum atomic E-state index is 12.4. The minimum atomic E-state index is -3.80. The van der Waals surface area contributed by atoms with E-state index in [1.165, 1.54) is 16.7 Å². The predicted molar refractivity (Wildman–Crippen MR) is 77.5 cm³/mol. The minimum Gasteiger partial charge on any atom is -0.305 e. The Labute approximate surface area is 124 Å². The van der Waals surface area contributed by atoms with Gasteiger partial charge in [-0.2, -0.15) is 0 Å². The lowest BCUT2D eigenvalue weighted by Crippen LogP contribution is -2.42. The summed E-state index contributed by atoms with van der Waals surface area (Å²) in [6, 6.07) is 6.04. The number of nitrogens with zero attached hydrogens (tertiary/aromatic N) is 1. The lowest BCUT2D eigenvalue weighted by molar-refractivity contribution is 0.233. The highest BCUT2D eigenvalue weighted by Gasteiger charge is 2.37. The van der Waals surface area contributed by atoms with Crippen LogP contribution in [0.15, 0.2) is 39.9 Å².